The number of morpholine rings is 1. The maximum atomic E-state index is 11.8. The van der Waals surface area contributed by atoms with Crippen LogP contribution in [0.4, 0.5) is 0 Å². The fourth-order valence-corrected chi connectivity index (χ4v) is 3.14. The van der Waals surface area contributed by atoms with Gasteiger partial charge in [-0.3, -0.25) is 9.69 Å². The molecular weight excluding hydrogens is 449 g/mol. The van der Waals surface area contributed by atoms with E-state index in [1.165, 1.54) is 0 Å². The highest BCUT2D eigenvalue weighted by atomic mass is 127. The molecule has 2 rings (SSSR count). The summed E-state index contributed by atoms with van der Waals surface area (Å²) in [6.45, 7) is 8.29. The molecule has 26 heavy (non-hydrogen) atoms. The molecule has 0 aromatic carbocycles. The second-order valence-corrected chi connectivity index (χ2v) is 6.86. The highest BCUT2D eigenvalue weighted by Crippen LogP contribution is 2.18. The number of carbonyl (C=O) groups excluding carboxylic acids is 1. The summed E-state index contributed by atoms with van der Waals surface area (Å²) in [5.41, 5.74) is 0. The lowest BCUT2D eigenvalue weighted by Gasteiger charge is -2.29. The van der Waals surface area contributed by atoms with Crippen molar-refractivity contribution in [3.05, 3.63) is 0 Å². The zero-order chi connectivity index (χ0) is 18.1. The van der Waals surface area contributed by atoms with Gasteiger partial charge in [0.2, 0.25) is 5.91 Å². The van der Waals surface area contributed by atoms with Gasteiger partial charge in [0.15, 0.2) is 5.96 Å². The Morgan fingerprint density at radius 1 is 1.31 bits per heavy atom. The maximum absolute atomic E-state index is 11.8. The van der Waals surface area contributed by atoms with Gasteiger partial charge in [-0.05, 0) is 12.3 Å². The fourth-order valence-electron chi connectivity index (χ4n) is 3.14. The Hall–Kier alpha value is -0.650. The highest BCUT2D eigenvalue weighted by Gasteiger charge is 2.27. The van der Waals surface area contributed by atoms with Crippen LogP contribution in [0.25, 0.3) is 0 Å². The van der Waals surface area contributed by atoms with Crippen LogP contribution < -0.4 is 5.32 Å². The highest BCUT2D eigenvalue weighted by molar-refractivity contribution is 14.0. The normalized spacial score (nSPS) is 21.4. The third-order valence-electron chi connectivity index (χ3n) is 4.66. The molecule has 0 aliphatic carbocycles. The van der Waals surface area contributed by atoms with Crippen molar-refractivity contribution in [2.45, 2.75) is 6.42 Å². The number of halogens is 1. The van der Waals surface area contributed by atoms with Crippen LogP contribution in [0.15, 0.2) is 4.99 Å². The first-order chi connectivity index (χ1) is 12.1. The zero-order valence-electron chi connectivity index (χ0n) is 16.3. The van der Waals surface area contributed by atoms with Crippen LogP contribution in [0.3, 0.4) is 0 Å². The molecule has 8 nitrogen and oxygen atoms in total. The predicted octanol–water partition coefficient (Wildman–Crippen LogP) is -0.0613. The molecule has 2 aliphatic heterocycles. The van der Waals surface area contributed by atoms with Crippen molar-refractivity contribution in [3.63, 3.8) is 0 Å². The van der Waals surface area contributed by atoms with Crippen molar-refractivity contribution < 1.29 is 14.3 Å². The van der Waals surface area contributed by atoms with E-state index in [-0.39, 0.29) is 36.4 Å². The van der Waals surface area contributed by atoms with E-state index in [1.54, 1.807) is 26.1 Å². The smallest absolute Gasteiger partial charge is 0.243 e. The molecule has 0 bridgehead atoms. The van der Waals surface area contributed by atoms with E-state index < -0.39 is 0 Å². The van der Waals surface area contributed by atoms with E-state index in [1.807, 2.05) is 0 Å². The van der Waals surface area contributed by atoms with Gasteiger partial charge in [-0.25, -0.2) is 4.99 Å². The lowest BCUT2D eigenvalue weighted by molar-refractivity contribution is -0.127. The number of likely N-dealkylation sites (N-methyl/N-ethyl adjacent to an activating group) is 1. The number of aliphatic imine (C=N–C) groups is 1. The lowest BCUT2D eigenvalue weighted by atomic mass is 10.1. The molecule has 2 saturated heterocycles. The summed E-state index contributed by atoms with van der Waals surface area (Å²) in [5.74, 6) is 1.46. The molecule has 1 unspecified atom stereocenters. The number of nitrogens with one attached hydrogen (secondary N) is 1. The van der Waals surface area contributed by atoms with Gasteiger partial charge < -0.3 is 24.6 Å². The van der Waals surface area contributed by atoms with Crippen molar-refractivity contribution in [2.24, 2.45) is 10.9 Å². The summed E-state index contributed by atoms with van der Waals surface area (Å²) in [5, 5.41) is 3.33. The summed E-state index contributed by atoms with van der Waals surface area (Å²) in [6, 6.07) is 0. The molecule has 1 N–H and O–H groups in total. The van der Waals surface area contributed by atoms with Crippen molar-refractivity contribution in [1.82, 2.24) is 20.0 Å². The van der Waals surface area contributed by atoms with Crippen LogP contribution >= 0.6 is 24.0 Å². The molecule has 0 aromatic heterocycles. The number of hydrogen-bond donors (Lipinski definition) is 1. The first-order valence-corrected chi connectivity index (χ1v) is 9.12. The van der Waals surface area contributed by atoms with E-state index in [0.29, 0.717) is 19.1 Å². The number of carbonyl (C=O) groups is 1. The van der Waals surface area contributed by atoms with Gasteiger partial charge in [-0.1, -0.05) is 0 Å². The number of hydrogen-bond acceptors (Lipinski definition) is 5. The quantitative estimate of drug-likeness (QED) is 0.237. The van der Waals surface area contributed by atoms with Crippen molar-refractivity contribution in [3.8, 4) is 0 Å². The van der Waals surface area contributed by atoms with Gasteiger partial charge in [0.25, 0.3) is 0 Å². The number of methoxy groups -OCH3 is 1. The Kier molecular flexibility index (Phi) is 11.4. The minimum atomic E-state index is 0. The average molecular weight is 483 g/mol. The standard InChI is InChI=1S/C17H33N5O3.HI/c1-20(2)16(23)12-19-17(18-5-9-24-3)22-6-4-15(14-22)13-21-7-10-25-11-8-21;/h15H,4-14H2,1-3H3,(H,18,19);1H. The van der Waals surface area contributed by atoms with Gasteiger partial charge >= 0.3 is 0 Å². The van der Waals surface area contributed by atoms with Crippen LogP contribution in [-0.2, 0) is 14.3 Å². The lowest BCUT2D eigenvalue weighted by Crippen LogP contribution is -2.43. The van der Waals surface area contributed by atoms with Gasteiger partial charge in [0, 0.05) is 60.5 Å². The number of likely N-dealkylation sites (tertiary alicyclic amines) is 1. The number of ether oxygens (including phenoxy) is 2. The number of nitrogens with zero attached hydrogens (tertiary/aromatic N) is 4. The van der Waals surface area contributed by atoms with Crippen molar-refractivity contribution in [1.29, 1.82) is 0 Å². The molecule has 152 valence electrons. The van der Waals surface area contributed by atoms with E-state index in [9.17, 15) is 4.79 Å². The van der Waals surface area contributed by atoms with E-state index in [2.05, 4.69) is 20.1 Å². The van der Waals surface area contributed by atoms with Gasteiger partial charge in [0.05, 0.1) is 19.8 Å². The van der Waals surface area contributed by atoms with Crippen LogP contribution in [0.5, 0.6) is 0 Å². The van der Waals surface area contributed by atoms with E-state index in [0.717, 1.165) is 58.3 Å². The molecule has 2 fully saturated rings. The number of rotatable bonds is 7. The summed E-state index contributed by atoms with van der Waals surface area (Å²) in [7, 11) is 5.19. The minimum absolute atomic E-state index is 0. The molecule has 1 amide bonds. The minimum Gasteiger partial charge on any atom is -0.383 e. The summed E-state index contributed by atoms with van der Waals surface area (Å²) in [4.78, 5) is 22.7. The second-order valence-electron chi connectivity index (χ2n) is 6.86. The van der Waals surface area contributed by atoms with Crippen molar-refractivity contribution in [2.75, 3.05) is 86.8 Å². The van der Waals surface area contributed by atoms with Gasteiger partial charge in [-0.15, -0.1) is 24.0 Å². The monoisotopic (exact) mass is 483 g/mol. The Bertz CT molecular complexity index is 444. The van der Waals surface area contributed by atoms with E-state index in [4.69, 9.17) is 9.47 Å². The fraction of sp³-hybridized carbons (Fsp3) is 0.882. The maximum Gasteiger partial charge on any atom is 0.243 e. The third kappa shape index (κ3) is 7.93. The first-order valence-electron chi connectivity index (χ1n) is 9.12. The summed E-state index contributed by atoms with van der Waals surface area (Å²) >= 11 is 0. The number of guanidine groups is 1. The Labute approximate surface area is 174 Å². The molecule has 2 aliphatic rings. The second kappa shape index (κ2) is 12.7. The molecule has 9 heteroatoms. The van der Waals surface area contributed by atoms with Crippen LogP contribution in [0.1, 0.15) is 6.42 Å². The van der Waals surface area contributed by atoms with Crippen molar-refractivity contribution >= 4 is 35.8 Å². The molecule has 1 atom stereocenters. The van der Waals surface area contributed by atoms with Crippen LogP contribution in [0.2, 0.25) is 0 Å². The Morgan fingerprint density at radius 3 is 2.69 bits per heavy atom. The predicted molar refractivity (Wildman–Crippen MR) is 113 cm³/mol. The Balaban J connectivity index is 0.00000338. The molecule has 0 spiro atoms. The molecule has 2 heterocycles. The molecule has 0 radical (unpaired) electrons. The summed E-state index contributed by atoms with van der Waals surface area (Å²) < 4.78 is 10.5. The largest absolute Gasteiger partial charge is 0.383 e. The molecule has 0 aromatic rings. The summed E-state index contributed by atoms with van der Waals surface area (Å²) in [6.07, 6.45) is 1.16. The van der Waals surface area contributed by atoms with Gasteiger partial charge in [-0.2, -0.15) is 0 Å². The Morgan fingerprint density at radius 2 is 2.04 bits per heavy atom. The first kappa shape index (κ1) is 23.4. The SMILES string of the molecule is COCCNC(=NCC(=O)N(C)C)N1CCC(CN2CCOCC2)C1.I. The topological polar surface area (TPSA) is 69.6 Å². The third-order valence-corrected chi connectivity index (χ3v) is 4.66. The van der Waals surface area contributed by atoms with E-state index >= 15 is 0 Å². The molecule has 0 saturated carbocycles. The number of amides is 1. The zero-order valence-corrected chi connectivity index (χ0v) is 18.6. The van der Waals surface area contributed by atoms with Gasteiger partial charge in [0.1, 0.15) is 6.54 Å². The molecular formula is C17H34IN5O3. The van der Waals surface area contributed by atoms with Crippen LogP contribution in [-0.4, -0.2) is 113 Å². The average Bonchev–Trinajstić information content (AvgIpc) is 3.06. The van der Waals surface area contributed by atoms with Crippen LogP contribution in [0, 0.1) is 5.92 Å².